The van der Waals surface area contributed by atoms with E-state index in [4.69, 9.17) is 0 Å². The predicted molar refractivity (Wildman–Crippen MR) is 74.9 cm³/mol. The van der Waals surface area contributed by atoms with Crippen LogP contribution in [0.5, 0.6) is 0 Å². The fraction of sp³-hybridized carbons (Fsp3) is 0.733. The molecular weight excluding hydrogens is 568 g/mol. The smallest absolute Gasteiger partial charge is 0 e. The summed E-state index contributed by atoms with van der Waals surface area (Å²) in [6.45, 7) is 11.2. The van der Waals surface area contributed by atoms with E-state index < -0.39 is 0 Å². The molecule has 0 fully saturated rings. The fourth-order valence-corrected chi connectivity index (χ4v) is 0.909. The Hall–Kier alpha value is 3.76. The van der Waals surface area contributed by atoms with Crippen LogP contribution in [0, 0.1) is 19.3 Å². The van der Waals surface area contributed by atoms with E-state index in [9.17, 15) is 9.59 Å². The number of unbranched alkanes of at least 4 members (excludes halogenated alkanes) is 4. The molecule has 0 aliphatic carbocycles. The molecule has 0 aliphatic rings. The van der Waals surface area contributed by atoms with Gasteiger partial charge in [-0.2, -0.15) is 32.6 Å². The van der Waals surface area contributed by atoms with Gasteiger partial charge in [0.25, 0.3) is 0 Å². The molecule has 0 aliphatic heterocycles. The standard InChI is InChI=1S/C7H15.C6H8O2.C2H5.4Y/c1-3-5-7-6-4-2;1-6(2-4-7)3-5-8;1-2;;;;/h5H,3-4,6-7H2,1-2H3;6H,2-3H2,1H3;1H2,2H3;;;;/q-1;-2;-1;;;;. The summed E-state index contributed by atoms with van der Waals surface area (Å²) in [5, 5.41) is 0. The Morgan fingerprint density at radius 2 is 1.33 bits per heavy atom. The number of hydrogen-bond donors (Lipinski definition) is 0. The maximum Gasteiger partial charge on any atom is 0 e. The van der Waals surface area contributed by atoms with Crippen molar-refractivity contribution in [3.63, 3.8) is 0 Å². The first-order chi connectivity index (χ1) is 8.22. The second-order valence-corrected chi connectivity index (χ2v) is 3.64. The van der Waals surface area contributed by atoms with Gasteiger partial charge in [-0.05, 0) is 0 Å². The summed E-state index contributed by atoms with van der Waals surface area (Å²) < 4.78 is 0. The van der Waals surface area contributed by atoms with Crippen molar-refractivity contribution < 1.29 is 140 Å². The first kappa shape index (κ1) is 44.3. The van der Waals surface area contributed by atoms with E-state index >= 15 is 0 Å². The SMILES string of the molecule is CC(C[C-]=O)C[C-]=O.CC[CH-]CCCC.[CH2-]C.[Y].[Y].[Y].[Y]. The van der Waals surface area contributed by atoms with E-state index in [1.165, 1.54) is 25.7 Å². The Labute approximate surface area is 234 Å². The first-order valence-electron chi connectivity index (χ1n) is 6.45. The molecule has 0 aromatic carbocycles. The van der Waals surface area contributed by atoms with Crippen LogP contribution >= 0.6 is 0 Å². The van der Waals surface area contributed by atoms with Gasteiger partial charge < -0.3 is 22.9 Å². The van der Waals surface area contributed by atoms with Crippen molar-refractivity contribution in [2.45, 2.75) is 66.2 Å². The molecule has 0 bridgehead atoms. The second kappa shape index (κ2) is 49.6. The van der Waals surface area contributed by atoms with E-state index in [0.717, 1.165) is 0 Å². The van der Waals surface area contributed by atoms with Crippen LogP contribution in [-0.4, -0.2) is 12.6 Å². The van der Waals surface area contributed by atoms with Crippen LogP contribution in [0.3, 0.4) is 0 Å². The minimum atomic E-state index is 0. The summed E-state index contributed by atoms with van der Waals surface area (Å²) in [4.78, 5) is 19.3. The Morgan fingerprint density at radius 1 is 0.952 bits per heavy atom. The molecule has 0 unspecified atom stereocenters. The largest absolute Gasteiger partial charge is 0.542 e. The molecule has 0 rings (SSSR count). The van der Waals surface area contributed by atoms with E-state index in [0.29, 0.717) is 12.8 Å². The van der Waals surface area contributed by atoms with Crippen LogP contribution in [0.25, 0.3) is 0 Å². The van der Waals surface area contributed by atoms with Gasteiger partial charge in [-0.25, -0.2) is 0 Å². The van der Waals surface area contributed by atoms with Gasteiger partial charge in [-0.15, -0.1) is 0 Å². The van der Waals surface area contributed by atoms with Crippen LogP contribution in [0.15, 0.2) is 0 Å². The molecule has 0 saturated heterocycles. The fourth-order valence-electron chi connectivity index (χ4n) is 0.909. The third-order valence-corrected chi connectivity index (χ3v) is 1.91. The van der Waals surface area contributed by atoms with E-state index in [1.54, 1.807) is 19.5 Å². The summed E-state index contributed by atoms with van der Waals surface area (Å²) >= 11 is 0. The van der Waals surface area contributed by atoms with Gasteiger partial charge in [0.1, 0.15) is 0 Å². The number of rotatable bonds is 8. The molecule has 6 heteroatoms. The van der Waals surface area contributed by atoms with Crippen molar-refractivity contribution in [1.29, 1.82) is 0 Å². The summed E-state index contributed by atoms with van der Waals surface area (Å²) in [5.74, 6) is 0.116. The average Bonchev–Trinajstić information content (AvgIpc) is 2.34. The molecule has 0 heterocycles. The third kappa shape index (κ3) is 59.4. The molecule has 0 spiro atoms. The van der Waals surface area contributed by atoms with Crippen LogP contribution in [0.4, 0.5) is 0 Å². The zero-order chi connectivity index (χ0) is 13.9. The van der Waals surface area contributed by atoms with Crippen molar-refractivity contribution in [3.05, 3.63) is 13.3 Å². The Bertz CT molecular complexity index is 134. The van der Waals surface area contributed by atoms with Gasteiger partial charge in [0, 0.05) is 131 Å². The Balaban J connectivity index is -0.0000000286. The summed E-state index contributed by atoms with van der Waals surface area (Å²) in [6.07, 6.45) is 11.7. The molecule has 116 valence electrons. The number of hydrogen-bond acceptors (Lipinski definition) is 2. The van der Waals surface area contributed by atoms with Crippen molar-refractivity contribution in [2.75, 3.05) is 0 Å². The van der Waals surface area contributed by atoms with E-state index in [2.05, 4.69) is 27.2 Å². The van der Waals surface area contributed by atoms with Crippen molar-refractivity contribution >= 4 is 12.6 Å². The molecule has 0 aromatic heterocycles. The number of carbonyl (C=O) groups excluding carboxylic acids is 2. The Morgan fingerprint density at radius 3 is 1.57 bits per heavy atom. The molecule has 0 amide bonds. The molecule has 21 heavy (non-hydrogen) atoms. The predicted octanol–water partition coefficient (Wildman–Crippen LogP) is 4.24. The quantitative estimate of drug-likeness (QED) is 0.311. The van der Waals surface area contributed by atoms with Gasteiger partial charge in [-0.3, -0.25) is 12.6 Å². The Kier molecular flexibility index (Phi) is 105. The van der Waals surface area contributed by atoms with Crippen molar-refractivity contribution in [3.8, 4) is 0 Å². The van der Waals surface area contributed by atoms with Crippen molar-refractivity contribution in [2.24, 2.45) is 5.92 Å². The van der Waals surface area contributed by atoms with Gasteiger partial charge in [-0.1, -0.05) is 39.5 Å². The first-order valence-corrected chi connectivity index (χ1v) is 6.45. The molecule has 0 N–H and O–H groups in total. The van der Waals surface area contributed by atoms with Gasteiger partial charge in [0.2, 0.25) is 0 Å². The van der Waals surface area contributed by atoms with Gasteiger partial charge in [0.05, 0.1) is 0 Å². The maximum absolute atomic E-state index is 9.64. The van der Waals surface area contributed by atoms with Crippen LogP contribution in [0.2, 0.25) is 0 Å². The summed E-state index contributed by atoms with van der Waals surface area (Å²) in [5.41, 5.74) is 0. The minimum Gasteiger partial charge on any atom is -0.542 e. The average molecular weight is 596 g/mol. The molecular formula is C15H28O2Y4-4. The summed E-state index contributed by atoms with van der Waals surface area (Å²) in [6, 6.07) is 0. The molecule has 2 nitrogen and oxygen atoms in total. The second-order valence-electron chi connectivity index (χ2n) is 3.64. The zero-order valence-corrected chi connectivity index (χ0v) is 25.6. The van der Waals surface area contributed by atoms with Gasteiger partial charge >= 0.3 is 0 Å². The normalized spacial score (nSPS) is 6.95. The van der Waals surface area contributed by atoms with Crippen LogP contribution < -0.4 is 0 Å². The van der Waals surface area contributed by atoms with E-state index in [1.807, 2.05) is 6.92 Å². The van der Waals surface area contributed by atoms with Gasteiger partial charge in [0.15, 0.2) is 0 Å². The summed E-state index contributed by atoms with van der Waals surface area (Å²) in [7, 11) is 0. The third-order valence-electron chi connectivity index (χ3n) is 1.91. The monoisotopic (exact) mass is 596 g/mol. The molecule has 0 atom stereocenters. The van der Waals surface area contributed by atoms with Crippen molar-refractivity contribution in [1.82, 2.24) is 0 Å². The zero-order valence-electron chi connectivity index (χ0n) is 14.2. The van der Waals surface area contributed by atoms with Crippen LogP contribution in [-0.2, 0) is 140 Å². The molecule has 0 aromatic rings. The maximum atomic E-state index is 9.64. The van der Waals surface area contributed by atoms with E-state index in [-0.39, 0.29) is 137 Å². The van der Waals surface area contributed by atoms with Crippen LogP contribution in [0.1, 0.15) is 66.2 Å². The topological polar surface area (TPSA) is 34.1 Å². The molecule has 0 saturated carbocycles. The molecule has 4 radical (unpaired) electrons. The minimum absolute atomic E-state index is 0.